The van der Waals surface area contributed by atoms with E-state index in [0.29, 0.717) is 59.8 Å². The minimum absolute atomic E-state index is 0.00288. The second-order valence-electron chi connectivity index (χ2n) is 21.9. The molecule has 4 aromatic carbocycles. The van der Waals surface area contributed by atoms with Gasteiger partial charge in [0, 0.05) is 99.9 Å². The van der Waals surface area contributed by atoms with E-state index in [9.17, 15) is 35.4 Å². The summed E-state index contributed by atoms with van der Waals surface area (Å²) in [6, 6.07) is 29.1. The molecule has 0 unspecified atom stereocenters. The van der Waals surface area contributed by atoms with Crippen LogP contribution in [0.25, 0.3) is 116 Å². The first-order valence-electron chi connectivity index (χ1n) is 26.2. The third-order valence-electron chi connectivity index (χ3n) is 16.8. The van der Waals surface area contributed by atoms with Crippen LogP contribution in [0.2, 0.25) is 0 Å². The molecule has 402 valence electrons. The van der Waals surface area contributed by atoms with E-state index in [-0.39, 0.29) is 89.9 Å². The highest BCUT2D eigenvalue weighted by Gasteiger charge is 2.44. The Morgan fingerprint density at radius 3 is 1.47 bits per heavy atom. The molecule has 20 heteroatoms. The first-order chi connectivity index (χ1) is 42.0. The molecule has 10 aromatic rings. The summed E-state index contributed by atoms with van der Waals surface area (Å²) in [5.41, 5.74) is 9.51. The van der Waals surface area contributed by atoms with Crippen LogP contribution in [0.4, 0.5) is 11.4 Å². The zero-order valence-corrected chi connectivity index (χ0v) is 49.3. The lowest BCUT2D eigenvalue weighted by atomic mass is 9.83. The molecule has 6 aromatic heterocycles. The van der Waals surface area contributed by atoms with Gasteiger partial charge in [0.25, 0.3) is 0 Å². The number of allylic oxidation sites excluding steroid dienone is 5. The van der Waals surface area contributed by atoms with E-state index in [1.807, 2.05) is 54.6 Å². The fourth-order valence-corrected chi connectivity index (χ4v) is 18.8. The molecule has 0 N–H and O–H groups in total. The number of benzene rings is 4. The largest absolute Gasteiger partial charge is 0.527 e. The standard InChI is InChI=1S/C67H26N12O3S5/c1-66(2)40-17-30(15-38-48(29(25-70)26-71)34-13-27(23-68)45(73-6)20-37(34)59(38)81)83-61(40)63-42(66)21-46(85-63)50-53-54(77-57-52(76-53)32-11-9-10-12-33(32)60(57)82)51(56-55(50)78-87-79-56)47-22-43-64(86-47)62-41(67(43,3)4)18-31(84-62)16-39-49(65(74-7)75-8)35-19-44(72-5)28(24-69)14-36(35)58(39)80/h9-22H,1-4H3/b38-15-,39-16-. The molecule has 0 bridgehead atoms. The number of carbonyl (C=O) groups is 3. The molecule has 6 heterocycles. The van der Waals surface area contributed by atoms with Crippen molar-refractivity contribution in [1.29, 1.82) is 21.0 Å². The van der Waals surface area contributed by atoms with Crippen molar-refractivity contribution in [2.45, 2.75) is 38.5 Å². The third-order valence-corrected chi connectivity index (χ3v) is 22.2. The molecule has 0 amide bonds. The summed E-state index contributed by atoms with van der Waals surface area (Å²) in [5.74, 6) is -1.47. The molecular formula is C67H26N12O3S5. The monoisotopic (exact) mass is 1210 g/mol. The zero-order chi connectivity index (χ0) is 60.4. The Morgan fingerprint density at radius 1 is 0.517 bits per heavy atom. The van der Waals surface area contributed by atoms with Gasteiger partial charge in [-0.1, -0.05) is 52.0 Å². The number of thiophene rings is 4. The van der Waals surface area contributed by atoms with Gasteiger partial charge in [0.05, 0.1) is 53.7 Å². The molecular weight excluding hydrogens is 1180 g/mol. The first-order valence-corrected chi connectivity index (χ1v) is 30.2. The van der Waals surface area contributed by atoms with Crippen molar-refractivity contribution in [2.24, 2.45) is 0 Å². The molecule has 87 heavy (non-hydrogen) atoms. The van der Waals surface area contributed by atoms with E-state index in [1.165, 1.54) is 46.9 Å². The van der Waals surface area contributed by atoms with Gasteiger partial charge >= 0.3 is 5.82 Å². The summed E-state index contributed by atoms with van der Waals surface area (Å²) in [5, 5.41) is 39.9. The summed E-state index contributed by atoms with van der Waals surface area (Å²) < 4.78 is 10.0. The summed E-state index contributed by atoms with van der Waals surface area (Å²) in [6.45, 7) is 39.6. The van der Waals surface area contributed by atoms with Gasteiger partial charge in [-0.3, -0.25) is 14.4 Å². The van der Waals surface area contributed by atoms with Gasteiger partial charge in [-0.05, 0) is 94.1 Å². The molecule has 0 atom stereocenters. The van der Waals surface area contributed by atoms with Crippen LogP contribution in [0.15, 0.2) is 95.3 Å². The summed E-state index contributed by atoms with van der Waals surface area (Å²) >= 11 is 7.11. The van der Waals surface area contributed by atoms with Crippen LogP contribution in [0, 0.1) is 71.6 Å². The van der Waals surface area contributed by atoms with Gasteiger partial charge in [-0.25, -0.2) is 19.7 Å². The van der Waals surface area contributed by atoms with Gasteiger partial charge in [0.15, 0.2) is 11.6 Å². The second kappa shape index (κ2) is 18.4. The number of fused-ring (bicyclic) bond motifs is 13. The quantitative estimate of drug-likeness (QED) is 0.0917. The Balaban J connectivity index is 0.877. The Morgan fingerprint density at radius 2 is 0.966 bits per heavy atom. The van der Waals surface area contributed by atoms with Crippen LogP contribution in [0.5, 0.6) is 0 Å². The zero-order valence-electron chi connectivity index (χ0n) is 45.2. The Bertz CT molecular complexity index is 5610. The number of aromatic nitrogens is 4. The predicted octanol–water partition coefficient (Wildman–Crippen LogP) is 16.8. The molecule has 0 saturated heterocycles. The van der Waals surface area contributed by atoms with Crippen molar-refractivity contribution >= 4 is 131 Å². The van der Waals surface area contributed by atoms with E-state index >= 15 is 0 Å². The maximum atomic E-state index is 14.4. The number of nitrogens with zero attached hydrogens (tertiary/aromatic N) is 12. The average Bonchev–Trinajstić information content (AvgIpc) is 1.62. The SMILES string of the molecule is [C-]#[N+]C([N+]#[C-])=C1/C(=C/c2cc3c(s2)-c2sc(-c4c5nsnc5c(-c5cc6c(s5)-c5sc(/C=C7\C(=O)c8cc([N+]#[C-])c(C#N)cc8C7=C(C#N)C#N)cc5C6(C)C)c5nc6c(nc45)C(=O)c4ccccc4-6)cc2C3(C)C)C(=O)c2cc(C#N)c([N+]#[C-])cc21. The Kier molecular flexibility index (Phi) is 11.1. The van der Waals surface area contributed by atoms with Crippen LogP contribution in [0.3, 0.4) is 0 Å². The molecule has 0 radical (unpaired) electrons. The highest BCUT2D eigenvalue weighted by atomic mass is 32.1. The van der Waals surface area contributed by atoms with Crippen LogP contribution >= 0.6 is 57.1 Å². The lowest BCUT2D eigenvalue weighted by Crippen LogP contribution is -2.13. The number of hydrogen-bond donors (Lipinski definition) is 0. The van der Waals surface area contributed by atoms with Crippen molar-refractivity contribution in [3.63, 3.8) is 0 Å². The predicted molar refractivity (Wildman–Crippen MR) is 335 cm³/mol. The number of ketones is 3. The smallest absolute Gasteiger partial charge is 0.289 e. The van der Waals surface area contributed by atoms with Crippen LogP contribution in [-0.2, 0) is 10.8 Å². The van der Waals surface area contributed by atoms with Crippen LogP contribution < -0.4 is 0 Å². The number of rotatable bonds is 4. The van der Waals surface area contributed by atoms with E-state index in [0.717, 1.165) is 63.2 Å². The lowest BCUT2D eigenvalue weighted by molar-refractivity contribution is 0.103. The highest BCUT2D eigenvalue weighted by molar-refractivity contribution is 7.25. The van der Waals surface area contributed by atoms with E-state index in [1.54, 1.807) is 40.9 Å². The molecule has 0 aliphatic heterocycles. The van der Waals surface area contributed by atoms with Crippen molar-refractivity contribution in [3.05, 3.63) is 218 Å². The number of Topliss-reactive ketones (excluding diaryl/α,β-unsaturated/α-hetero) is 2. The number of hydrogen-bond acceptors (Lipinski definition) is 16. The minimum Gasteiger partial charge on any atom is -0.289 e. The van der Waals surface area contributed by atoms with Crippen molar-refractivity contribution in [3.8, 4) is 75.9 Å². The Labute approximate surface area is 513 Å². The molecule has 15 rings (SSSR count). The fourth-order valence-electron chi connectivity index (χ4n) is 12.6. The van der Waals surface area contributed by atoms with Gasteiger partial charge in [-0.15, -0.1) is 45.3 Å². The Hall–Kier alpha value is -11.3. The average molecular weight is 1210 g/mol. The second-order valence-corrected chi connectivity index (χ2v) is 26.7. The van der Waals surface area contributed by atoms with E-state index < -0.39 is 22.4 Å². The third kappa shape index (κ3) is 6.99. The fraction of sp³-hybridized carbons (Fsp3) is 0.0896. The van der Waals surface area contributed by atoms with E-state index in [4.69, 9.17) is 45.0 Å². The van der Waals surface area contributed by atoms with Crippen LogP contribution in [0.1, 0.15) is 119 Å². The van der Waals surface area contributed by atoms with Crippen LogP contribution in [-0.4, -0.2) is 36.1 Å². The first kappa shape index (κ1) is 52.5. The molecule has 5 aliphatic carbocycles. The summed E-state index contributed by atoms with van der Waals surface area (Å²) in [6.07, 6.45) is 3.38. The van der Waals surface area contributed by atoms with Gasteiger partial charge in [0.2, 0.25) is 17.2 Å². The van der Waals surface area contributed by atoms with Crippen molar-refractivity contribution in [2.75, 3.05) is 0 Å². The van der Waals surface area contributed by atoms with Crippen molar-refractivity contribution < 1.29 is 14.4 Å². The molecule has 0 saturated carbocycles. The molecule has 5 aliphatic rings. The van der Waals surface area contributed by atoms with E-state index in [2.05, 4.69) is 59.2 Å². The van der Waals surface area contributed by atoms with Gasteiger partial charge < -0.3 is 0 Å². The van der Waals surface area contributed by atoms with Gasteiger partial charge in [-0.2, -0.15) is 39.5 Å². The van der Waals surface area contributed by atoms with Crippen molar-refractivity contribution in [1.82, 2.24) is 18.7 Å². The molecule has 0 fully saturated rings. The topological polar surface area (TPSA) is 215 Å². The maximum Gasteiger partial charge on any atom is 0.527 e. The normalized spacial score (nSPS) is 15.5. The minimum atomic E-state index is -0.558. The van der Waals surface area contributed by atoms with Gasteiger partial charge in [0.1, 0.15) is 64.3 Å². The maximum absolute atomic E-state index is 14.4. The molecule has 15 nitrogen and oxygen atoms in total. The lowest BCUT2D eigenvalue weighted by Gasteiger charge is -2.19. The summed E-state index contributed by atoms with van der Waals surface area (Å²) in [4.78, 5) is 74.5. The summed E-state index contributed by atoms with van der Waals surface area (Å²) in [7, 11) is 0. The number of nitriles is 4. The number of carbonyl (C=O) groups excluding carboxylic acids is 3. The highest BCUT2D eigenvalue weighted by Crippen LogP contribution is 2.61. The molecule has 0 spiro atoms.